The molecule has 0 radical (unpaired) electrons. The van der Waals surface area contributed by atoms with Gasteiger partial charge in [0.15, 0.2) is 0 Å². The first kappa shape index (κ1) is 6.59. The van der Waals surface area contributed by atoms with Gasteiger partial charge < -0.3 is 5.32 Å². The van der Waals surface area contributed by atoms with Crippen molar-refractivity contribution < 1.29 is 4.39 Å². The lowest BCUT2D eigenvalue weighted by Crippen LogP contribution is -2.39. The number of hydrogen-bond acceptors (Lipinski definition) is 1. The Morgan fingerprint density at radius 1 is 1.20 bits per heavy atom. The van der Waals surface area contributed by atoms with E-state index in [0.717, 1.165) is 13.0 Å². The van der Waals surface area contributed by atoms with Gasteiger partial charge in [-0.1, -0.05) is 6.42 Å². The molecule has 1 saturated heterocycles. The van der Waals surface area contributed by atoms with Crippen molar-refractivity contribution in [3.05, 3.63) is 0 Å². The molecule has 10 heavy (non-hydrogen) atoms. The molecule has 0 bridgehead atoms. The standard InChI is InChI=1S/C8H14FN/c9-7-4-5-10-8(7)6-2-1-3-6/h6-8,10H,1-5H2. The molecular weight excluding hydrogens is 129 g/mol. The van der Waals surface area contributed by atoms with E-state index in [2.05, 4.69) is 5.32 Å². The van der Waals surface area contributed by atoms with E-state index >= 15 is 0 Å². The summed E-state index contributed by atoms with van der Waals surface area (Å²) in [5, 5.41) is 3.23. The van der Waals surface area contributed by atoms with E-state index in [4.69, 9.17) is 0 Å². The molecule has 2 aliphatic rings. The molecule has 2 unspecified atom stereocenters. The van der Waals surface area contributed by atoms with E-state index in [1.807, 2.05) is 0 Å². The van der Waals surface area contributed by atoms with E-state index in [0.29, 0.717) is 5.92 Å². The summed E-state index contributed by atoms with van der Waals surface area (Å²) in [5.41, 5.74) is 0. The maximum Gasteiger partial charge on any atom is 0.117 e. The normalized spacial score (nSPS) is 41.7. The molecule has 2 fully saturated rings. The van der Waals surface area contributed by atoms with Crippen molar-refractivity contribution in [3.8, 4) is 0 Å². The third kappa shape index (κ3) is 0.947. The summed E-state index contributed by atoms with van der Waals surface area (Å²) in [6.07, 6.45) is 4.00. The van der Waals surface area contributed by atoms with Gasteiger partial charge in [0.1, 0.15) is 6.17 Å². The number of hydrogen-bond donors (Lipinski definition) is 1. The fourth-order valence-electron chi connectivity index (χ4n) is 1.96. The van der Waals surface area contributed by atoms with E-state index in [1.165, 1.54) is 19.3 Å². The third-order valence-corrected chi connectivity index (χ3v) is 2.85. The van der Waals surface area contributed by atoms with Gasteiger partial charge in [-0.25, -0.2) is 4.39 Å². The molecule has 2 rings (SSSR count). The predicted molar refractivity (Wildman–Crippen MR) is 38.6 cm³/mol. The summed E-state index contributed by atoms with van der Waals surface area (Å²) in [6, 6.07) is 0.216. The number of alkyl halides is 1. The summed E-state index contributed by atoms with van der Waals surface area (Å²) in [6.45, 7) is 0.891. The highest BCUT2D eigenvalue weighted by Gasteiger charge is 2.36. The molecule has 1 nitrogen and oxygen atoms in total. The van der Waals surface area contributed by atoms with Gasteiger partial charge in [-0.15, -0.1) is 0 Å². The fraction of sp³-hybridized carbons (Fsp3) is 1.00. The van der Waals surface area contributed by atoms with Crippen LogP contribution < -0.4 is 5.32 Å². The van der Waals surface area contributed by atoms with Crippen LogP contribution in [0.2, 0.25) is 0 Å². The van der Waals surface area contributed by atoms with Crippen LogP contribution >= 0.6 is 0 Å². The van der Waals surface area contributed by atoms with Gasteiger partial charge >= 0.3 is 0 Å². The smallest absolute Gasteiger partial charge is 0.117 e. The summed E-state index contributed by atoms with van der Waals surface area (Å²) in [4.78, 5) is 0. The Balaban J connectivity index is 1.90. The molecule has 2 heteroatoms. The number of halogens is 1. The van der Waals surface area contributed by atoms with Crippen molar-refractivity contribution in [2.24, 2.45) is 5.92 Å². The van der Waals surface area contributed by atoms with Crippen LogP contribution in [0, 0.1) is 5.92 Å². The Kier molecular flexibility index (Phi) is 1.65. The molecule has 0 aromatic carbocycles. The molecule has 2 atom stereocenters. The quantitative estimate of drug-likeness (QED) is 0.586. The SMILES string of the molecule is FC1CCNC1C1CCC1. The lowest BCUT2D eigenvalue weighted by Gasteiger charge is -2.32. The molecule has 0 spiro atoms. The van der Waals surface area contributed by atoms with Crippen molar-refractivity contribution >= 4 is 0 Å². The minimum Gasteiger partial charge on any atom is -0.311 e. The monoisotopic (exact) mass is 143 g/mol. The molecule has 0 aromatic heterocycles. The predicted octanol–water partition coefficient (Wildman–Crippen LogP) is 1.49. The van der Waals surface area contributed by atoms with E-state index in [-0.39, 0.29) is 6.04 Å². The second-order valence-corrected chi connectivity index (χ2v) is 3.48. The summed E-state index contributed by atoms with van der Waals surface area (Å²) in [7, 11) is 0. The summed E-state index contributed by atoms with van der Waals surface area (Å²) in [5.74, 6) is 0.664. The van der Waals surface area contributed by atoms with Gasteiger partial charge in [-0.2, -0.15) is 0 Å². The zero-order valence-corrected chi connectivity index (χ0v) is 6.15. The Labute approximate surface area is 61.0 Å². The zero-order chi connectivity index (χ0) is 6.97. The van der Waals surface area contributed by atoms with Crippen LogP contribution in [0.4, 0.5) is 4.39 Å². The van der Waals surface area contributed by atoms with Gasteiger partial charge in [0, 0.05) is 6.04 Å². The van der Waals surface area contributed by atoms with Gasteiger partial charge in [0.05, 0.1) is 0 Å². The molecule has 1 saturated carbocycles. The molecule has 0 amide bonds. The van der Waals surface area contributed by atoms with Crippen LogP contribution in [-0.2, 0) is 0 Å². The van der Waals surface area contributed by atoms with Crippen molar-refractivity contribution in [1.82, 2.24) is 5.32 Å². The van der Waals surface area contributed by atoms with Gasteiger partial charge in [-0.05, 0) is 31.7 Å². The van der Waals surface area contributed by atoms with E-state index in [9.17, 15) is 4.39 Å². The van der Waals surface area contributed by atoms with Crippen LogP contribution in [0.1, 0.15) is 25.7 Å². The zero-order valence-electron chi connectivity index (χ0n) is 6.15. The minimum absolute atomic E-state index is 0.216. The Bertz CT molecular complexity index is 122. The van der Waals surface area contributed by atoms with Crippen LogP contribution in [0.25, 0.3) is 0 Å². The van der Waals surface area contributed by atoms with E-state index in [1.54, 1.807) is 0 Å². The highest BCUT2D eigenvalue weighted by Crippen LogP contribution is 2.34. The van der Waals surface area contributed by atoms with Crippen LogP contribution in [0.3, 0.4) is 0 Å². The van der Waals surface area contributed by atoms with E-state index < -0.39 is 6.17 Å². The highest BCUT2D eigenvalue weighted by molar-refractivity contribution is 4.92. The molecular formula is C8H14FN. The average Bonchev–Trinajstić information content (AvgIpc) is 2.12. The Morgan fingerprint density at radius 2 is 2.00 bits per heavy atom. The number of rotatable bonds is 1. The summed E-state index contributed by atoms with van der Waals surface area (Å²) < 4.78 is 13.0. The molecule has 1 aliphatic carbocycles. The van der Waals surface area contributed by atoms with Crippen LogP contribution in [0.5, 0.6) is 0 Å². The van der Waals surface area contributed by atoms with Gasteiger partial charge in [0.25, 0.3) is 0 Å². The van der Waals surface area contributed by atoms with Crippen molar-refractivity contribution in [2.75, 3.05) is 6.54 Å². The lowest BCUT2D eigenvalue weighted by molar-refractivity contribution is 0.174. The van der Waals surface area contributed by atoms with Crippen molar-refractivity contribution in [2.45, 2.75) is 37.9 Å². The van der Waals surface area contributed by atoms with Gasteiger partial charge in [0.2, 0.25) is 0 Å². The molecule has 58 valence electrons. The maximum absolute atomic E-state index is 13.0. The fourth-order valence-corrected chi connectivity index (χ4v) is 1.96. The first-order valence-corrected chi connectivity index (χ1v) is 4.25. The van der Waals surface area contributed by atoms with Crippen LogP contribution in [0.15, 0.2) is 0 Å². The lowest BCUT2D eigenvalue weighted by atomic mass is 9.79. The topological polar surface area (TPSA) is 12.0 Å². The third-order valence-electron chi connectivity index (χ3n) is 2.85. The maximum atomic E-state index is 13.0. The minimum atomic E-state index is -0.551. The van der Waals surface area contributed by atoms with Crippen molar-refractivity contribution in [1.29, 1.82) is 0 Å². The van der Waals surface area contributed by atoms with Gasteiger partial charge in [-0.3, -0.25) is 0 Å². The first-order chi connectivity index (χ1) is 4.88. The molecule has 0 aromatic rings. The molecule has 1 aliphatic heterocycles. The Morgan fingerprint density at radius 3 is 2.40 bits per heavy atom. The largest absolute Gasteiger partial charge is 0.311 e. The summed E-state index contributed by atoms with van der Waals surface area (Å²) >= 11 is 0. The van der Waals surface area contributed by atoms with Crippen molar-refractivity contribution in [3.63, 3.8) is 0 Å². The second kappa shape index (κ2) is 2.50. The Hall–Kier alpha value is -0.110. The molecule has 1 heterocycles. The van der Waals surface area contributed by atoms with Crippen LogP contribution in [-0.4, -0.2) is 18.8 Å². The molecule has 1 N–H and O–H groups in total. The highest BCUT2D eigenvalue weighted by atomic mass is 19.1. The first-order valence-electron chi connectivity index (χ1n) is 4.25. The average molecular weight is 143 g/mol. The second-order valence-electron chi connectivity index (χ2n) is 3.48. The number of nitrogens with one attached hydrogen (secondary N) is 1.